The van der Waals surface area contributed by atoms with Gasteiger partial charge in [-0.2, -0.15) is 0 Å². The maximum atomic E-state index is 9.13. The molecule has 0 aliphatic heterocycles. The van der Waals surface area contributed by atoms with Crippen LogP contribution < -0.4 is 4.74 Å². The fourth-order valence-corrected chi connectivity index (χ4v) is 1.78. The van der Waals surface area contributed by atoms with E-state index in [9.17, 15) is 0 Å². The summed E-state index contributed by atoms with van der Waals surface area (Å²) in [5.74, 6) is 0.723. The SMILES string of the molecule is OCc1cnccc1OCCCc1ccccc1. The van der Waals surface area contributed by atoms with E-state index < -0.39 is 0 Å². The van der Waals surface area contributed by atoms with Crippen molar-refractivity contribution in [2.24, 2.45) is 0 Å². The molecule has 0 fully saturated rings. The van der Waals surface area contributed by atoms with Crippen LogP contribution in [0.15, 0.2) is 48.8 Å². The minimum absolute atomic E-state index is 0.0398. The summed E-state index contributed by atoms with van der Waals surface area (Å²) in [5, 5.41) is 9.13. The second kappa shape index (κ2) is 6.77. The molecule has 3 nitrogen and oxygen atoms in total. The molecule has 94 valence electrons. The third kappa shape index (κ3) is 3.57. The van der Waals surface area contributed by atoms with Crippen LogP contribution in [0.5, 0.6) is 5.75 Å². The normalized spacial score (nSPS) is 10.3. The number of hydrogen-bond acceptors (Lipinski definition) is 3. The number of aromatic nitrogens is 1. The topological polar surface area (TPSA) is 42.4 Å². The number of benzene rings is 1. The van der Waals surface area contributed by atoms with E-state index >= 15 is 0 Å². The van der Waals surface area contributed by atoms with Gasteiger partial charge in [0.15, 0.2) is 0 Å². The summed E-state index contributed by atoms with van der Waals surface area (Å²) in [6, 6.07) is 12.1. The standard InChI is InChI=1S/C15H17NO2/c17-12-14-11-16-9-8-15(14)18-10-4-7-13-5-2-1-3-6-13/h1-3,5-6,8-9,11,17H,4,7,10,12H2. The van der Waals surface area contributed by atoms with Gasteiger partial charge >= 0.3 is 0 Å². The van der Waals surface area contributed by atoms with Crippen molar-refractivity contribution in [1.29, 1.82) is 0 Å². The van der Waals surface area contributed by atoms with Crippen LogP contribution in [0.25, 0.3) is 0 Å². The number of ether oxygens (including phenoxy) is 1. The molecule has 1 N–H and O–H groups in total. The molecule has 3 heteroatoms. The minimum atomic E-state index is -0.0398. The molecule has 0 spiro atoms. The van der Waals surface area contributed by atoms with Gasteiger partial charge in [-0.05, 0) is 24.5 Å². The van der Waals surface area contributed by atoms with Gasteiger partial charge < -0.3 is 9.84 Å². The van der Waals surface area contributed by atoms with E-state index in [1.807, 2.05) is 18.2 Å². The largest absolute Gasteiger partial charge is 0.493 e. The van der Waals surface area contributed by atoms with Gasteiger partial charge in [-0.15, -0.1) is 0 Å². The van der Waals surface area contributed by atoms with Crippen LogP contribution in [0.4, 0.5) is 0 Å². The summed E-state index contributed by atoms with van der Waals surface area (Å²) in [5.41, 5.74) is 2.05. The van der Waals surface area contributed by atoms with Gasteiger partial charge in [-0.1, -0.05) is 30.3 Å². The molecule has 0 atom stereocenters. The molecule has 2 aromatic rings. The van der Waals surface area contributed by atoms with Gasteiger partial charge in [0, 0.05) is 18.0 Å². The Morgan fingerprint density at radius 2 is 1.94 bits per heavy atom. The van der Waals surface area contributed by atoms with Gasteiger partial charge in [0.05, 0.1) is 13.2 Å². The molecule has 1 aromatic carbocycles. The van der Waals surface area contributed by atoms with E-state index in [4.69, 9.17) is 9.84 Å². The van der Waals surface area contributed by atoms with Crippen molar-refractivity contribution in [3.63, 3.8) is 0 Å². The molecule has 1 aromatic heterocycles. The fraction of sp³-hybridized carbons (Fsp3) is 0.267. The van der Waals surface area contributed by atoms with E-state index in [1.54, 1.807) is 18.5 Å². The predicted molar refractivity (Wildman–Crippen MR) is 70.4 cm³/mol. The van der Waals surface area contributed by atoms with Crippen LogP contribution in [0, 0.1) is 0 Å². The molecule has 2 rings (SSSR count). The molecule has 0 saturated heterocycles. The quantitative estimate of drug-likeness (QED) is 0.793. The summed E-state index contributed by atoms with van der Waals surface area (Å²) in [4.78, 5) is 3.95. The highest BCUT2D eigenvalue weighted by Crippen LogP contribution is 2.16. The van der Waals surface area contributed by atoms with Crippen LogP contribution in [0.1, 0.15) is 17.5 Å². The van der Waals surface area contributed by atoms with Crippen LogP contribution >= 0.6 is 0 Å². The van der Waals surface area contributed by atoms with Crippen molar-refractivity contribution >= 4 is 0 Å². The zero-order chi connectivity index (χ0) is 12.6. The van der Waals surface area contributed by atoms with E-state index in [-0.39, 0.29) is 6.61 Å². The molecule has 0 aliphatic rings. The molecule has 18 heavy (non-hydrogen) atoms. The number of aliphatic hydroxyl groups is 1. The van der Waals surface area contributed by atoms with E-state index in [2.05, 4.69) is 17.1 Å². The average Bonchev–Trinajstić information content (AvgIpc) is 2.45. The first kappa shape index (κ1) is 12.6. The van der Waals surface area contributed by atoms with Crippen molar-refractivity contribution in [3.05, 3.63) is 59.9 Å². The highest BCUT2D eigenvalue weighted by molar-refractivity contribution is 5.29. The first-order valence-corrected chi connectivity index (χ1v) is 6.10. The average molecular weight is 243 g/mol. The molecular weight excluding hydrogens is 226 g/mol. The summed E-state index contributed by atoms with van der Waals surface area (Å²) in [6.07, 6.45) is 5.26. The molecule has 0 radical (unpaired) electrons. The number of pyridine rings is 1. The molecule has 0 saturated carbocycles. The number of aryl methyl sites for hydroxylation is 1. The lowest BCUT2D eigenvalue weighted by atomic mass is 10.1. The summed E-state index contributed by atoms with van der Waals surface area (Å²) in [6.45, 7) is 0.605. The van der Waals surface area contributed by atoms with Gasteiger partial charge in [-0.3, -0.25) is 4.98 Å². The fourth-order valence-electron chi connectivity index (χ4n) is 1.78. The predicted octanol–water partition coefficient (Wildman–Crippen LogP) is 2.59. The summed E-state index contributed by atoms with van der Waals surface area (Å²) < 4.78 is 5.65. The van der Waals surface area contributed by atoms with Crippen molar-refractivity contribution in [3.8, 4) is 5.75 Å². The van der Waals surface area contributed by atoms with E-state index in [0.717, 1.165) is 24.2 Å². The number of hydrogen-bond donors (Lipinski definition) is 1. The maximum Gasteiger partial charge on any atom is 0.127 e. The Morgan fingerprint density at radius 3 is 2.72 bits per heavy atom. The molecule has 0 amide bonds. The Labute approximate surface area is 107 Å². The molecule has 0 bridgehead atoms. The van der Waals surface area contributed by atoms with Gasteiger partial charge in [0.25, 0.3) is 0 Å². The second-order valence-electron chi connectivity index (χ2n) is 4.08. The molecule has 0 unspecified atom stereocenters. The first-order chi connectivity index (χ1) is 8.90. The van der Waals surface area contributed by atoms with Crippen molar-refractivity contribution in [2.45, 2.75) is 19.4 Å². The second-order valence-corrected chi connectivity index (χ2v) is 4.08. The van der Waals surface area contributed by atoms with Crippen molar-refractivity contribution < 1.29 is 9.84 Å². The van der Waals surface area contributed by atoms with Gasteiger partial charge in [-0.25, -0.2) is 0 Å². The van der Waals surface area contributed by atoms with Crippen molar-refractivity contribution in [1.82, 2.24) is 4.98 Å². The Hall–Kier alpha value is -1.87. The highest BCUT2D eigenvalue weighted by Gasteiger charge is 2.01. The van der Waals surface area contributed by atoms with Crippen LogP contribution in [0.2, 0.25) is 0 Å². The maximum absolute atomic E-state index is 9.13. The third-order valence-corrected chi connectivity index (χ3v) is 2.74. The Kier molecular flexibility index (Phi) is 4.73. The van der Waals surface area contributed by atoms with Crippen LogP contribution in [-0.2, 0) is 13.0 Å². The Morgan fingerprint density at radius 1 is 1.11 bits per heavy atom. The highest BCUT2D eigenvalue weighted by atomic mass is 16.5. The lowest BCUT2D eigenvalue weighted by molar-refractivity contribution is 0.260. The van der Waals surface area contributed by atoms with Crippen LogP contribution in [0.3, 0.4) is 0 Å². The molecule has 0 aliphatic carbocycles. The minimum Gasteiger partial charge on any atom is -0.493 e. The molecular formula is C15H17NO2. The lowest BCUT2D eigenvalue weighted by Gasteiger charge is -2.09. The van der Waals surface area contributed by atoms with Crippen molar-refractivity contribution in [2.75, 3.05) is 6.61 Å². The summed E-state index contributed by atoms with van der Waals surface area (Å²) in [7, 11) is 0. The number of rotatable bonds is 6. The van der Waals surface area contributed by atoms with Gasteiger partial charge in [0.2, 0.25) is 0 Å². The third-order valence-electron chi connectivity index (χ3n) is 2.74. The smallest absolute Gasteiger partial charge is 0.127 e. The summed E-state index contributed by atoms with van der Waals surface area (Å²) >= 11 is 0. The number of nitrogens with zero attached hydrogens (tertiary/aromatic N) is 1. The lowest BCUT2D eigenvalue weighted by Crippen LogP contribution is -2.02. The zero-order valence-electron chi connectivity index (χ0n) is 10.2. The Bertz CT molecular complexity index is 471. The Balaban J connectivity index is 1.78. The monoisotopic (exact) mass is 243 g/mol. The molecule has 1 heterocycles. The zero-order valence-corrected chi connectivity index (χ0v) is 10.2. The number of aliphatic hydroxyl groups excluding tert-OH is 1. The van der Waals surface area contributed by atoms with E-state index in [1.165, 1.54) is 5.56 Å². The van der Waals surface area contributed by atoms with Crippen LogP contribution in [-0.4, -0.2) is 16.7 Å². The first-order valence-electron chi connectivity index (χ1n) is 6.10. The van der Waals surface area contributed by atoms with E-state index in [0.29, 0.717) is 6.61 Å². The van der Waals surface area contributed by atoms with Gasteiger partial charge in [0.1, 0.15) is 5.75 Å².